The summed E-state index contributed by atoms with van der Waals surface area (Å²) in [5, 5.41) is 0. The van der Waals surface area contributed by atoms with E-state index in [2.05, 4.69) is 4.98 Å². The Morgan fingerprint density at radius 1 is 1.27 bits per heavy atom. The summed E-state index contributed by atoms with van der Waals surface area (Å²) in [5.41, 5.74) is 0. The molecular weight excluding hydrogens is 238 g/mol. The van der Waals surface area contributed by atoms with Gasteiger partial charge >= 0.3 is 0 Å². The fraction of sp³-hybridized carbons (Fsp3) is 0.667. The van der Waals surface area contributed by atoms with Crippen LogP contribution in [0.25, 0.3) is 0 Å². The summed E-state index contributed by atoms with van der Waals surface area (Å²) in [7, 11) is 1.65. The lowest BCUT2D eigenvalue weighted by molar-refractivity contribution is 0.0205. The Kier molecular flexibility index (Phi) is 6.87. The molecule has 0 radical (unpaired) electrons. The summed E-state index contributed by atoms with van der Waals surface area (Å²) in [5.74, 6) is 0. The fourth-order valence-electron chi connectivity index (χ4n) is 0.885. The van der Waals surface area contributed by atoms with Crippen molar-refractivity contribution in [2.75, 3.05) is 33.5 Å². The van der Waals surface area contributed by atoms with Gasteiger partial charge in [0.05, 0.1) is 37.9 Å². The molecule has 86 valence electrons. The number of ether oxygens (including phenoxy) is 3. The Morgan fingerprint density at radius 2 is 2.00 bits per heavy atom. The Bertz CT molecular complexity index is 270. The van der Waals surface area contributed by atoms with Gasteiger partial charge in [0.1, 0.15) is 0 Å². The van der Waals surface area contributed by atoms with Crippen molar-refractivity contribution in [1.29, 1.82) is 0 Å². The van der Waals surface area contributed by atoms with Crippen LogP contribution in [0, 0.1) is 0 Å². The molecule has 1 aromatic rings. The molecule has 0 aliphatic heterocycles. The molecule has 0 saturated heterocycles. The topological polar surface area (TPSA) is 40.6 Å². The molecule has 0 fully saturated rings. The molecule has 0 saturated carbocycles. The third-order valence-corrected chi connectivity index (χ3v) is 2.66. The number of methoxy groups -OCH3 is 1. The minimum atomic E-state index is 0.540. The van der Waals surface area contributed by atoms with Crippen LogP contribution in [0.15, 0.2) is 6.20 Å². The lowest BCUT2D eigenvalue weighted by Gasteiger charge is -2.03. The van der Waals surface area contributed by atoms with Crippen LogP contribution in [0.1, 0.15) is 4.88 Å². The summed E-state index contributed by atoms with van der Waals surface area (Å²) in [4.78, 5) is 4.94. The van der Waals surface area contributed by atoms with Gasteiger partial charge in [0.2, 0.25) is 0 Å². The van der Waals surface area contributed by atoms with E-state index in [1.165, 1.54) is 11.3 Å². The van der Waals surface area contributed by atoms with Gasteiger partial charge in [-0.25, -0.2) is 4.98 Å². The van der Waals surface area contributed by atoms with E-state index in [0.717, 1.165) is 4.88 Å². The quantitative estimate of drug-likeness (QED) is 0.663. The Labute approximate surface area is 98.1 Å². The zero-order valence-corrected chi connectivity index (χ0v) is 10.1. The van der Waals surface area contributed by atoms with Crippen LogP contribution >= 0.6 is 22.9 Å². The van der Waals surface area contributed by atoms with Gasteiger partial charge in [0.15, 0.2) is 4.47 Å². The highest BCUT2D eigenvalue weighted by Crippen LogP contribution is 2.18. The van der Waals surface area contributed by atoms with Crippen LogP contribution in [-0.2, 0) is 20.8 Å². The monoisotopic (exact) mass is 251 g/mol. The SMILES string of the molecule is COCCOCCOCc1cnc(Cl)s1. The minimum Gasteiger partial charge on any atom is -0.382 e. The second-order valence-corrected chi connectivity index (χ2v) is 4.43. The predicted octanol–water partition coefficient (Wildman–Crippen LogP) is 1.98. The maximum absolute atomic E-state index is 5.67. The summed E-state index contributed by atoms with van der Waals surface area (Å²) >= 11 is 7.10. The first kappa shape index (κ1) is 12.9. The van der Waals surface area contributed by atoms with Crippen LogP contribution in [0.5, 0.6) is 0 Å². The van der Waals surface area contributed by atoms with E-state index in [4.69, 9.17) is 25.8 Å². The number of aromatic nitrogens is 1. The van der Waals surface area contributed by atoms with Gasteiger partial charge < -0.3 is 14.2 Å². The first-order valence-corrected chi connectivity index (χ1v) is 5.77. The van der Waals surface area contributed by atoms with Gasteiger partial charge in [-0.15, -0.1) is 11.3 Å². The highest BCUT2D eigenvalue weighted by molar-refractivity contribution is 7.15. The van der Waals surface area contributed by atoms with Crippen molar-refractivity contribution in [3.05, 3.63) is 15.5 Å². The highest BCUT2D eigenvalue weighted by Gasteiger charge is 1.98. The maximum atomic E-state index is 5.67. The van der Waals surface area contributed by atoms with E-state index in [1.54, 1.807) is 13.3 Å². The van der Waals surface area contributed by atoms with Crippen LogP contribution in [0.3, 0.4) is 0 Å². The second kappa shape index (κ2) is 8.01. The van der Waals surface area contributed by atoms with Crippen LogP contribution in [0.2, 0.25) is 4.47 Å². The number of halogens is 1. The van der Waals surface area contributed by atoms with E-state index in [-0.39, 0.29) is 0 Å². The molecule has 0 unspecified atom stereocenters. The molecule has 15 heavy (non-hydrogen) atoms. The highest BCUT2D eigenvalue weighted by atomic mass is 35.5. The van der Waals surface area contributed by atoms with Gasteiger partial charge in [-0.05, 0) is 0 Å². The molecule has 0 atom stereocenters. The molecule has 0 aliphatic carbocycles. The third kappa shape index (κ3) is 6.06. The predicted molar refractivity (Wildman–Crippen MR) is 59.5 cm³/mol. The number of hydrogen-bond acceptors (Lipinski definition) is 5. The molecule has 0 N–H and O–H groups in total. The van der Waals surface area contributed by atoms with Crippen molar-refractivity contribution in [3.63, 3.8) is 0 Å². The van der Waals surface area contributed by atoms with E-state index in [0.29, 0.717) is 37.5 Å². The van der Waals surface area contributed by atoms with Gasteiger partial charge in [-0.3, -0.25) is 0 Å². The van der Waals surface area contributed by atoms with E-state index in [9.17, 15) is 0 Å². The average Bonchev–Trinajstić information content (AvgIpc) is 2.63. The molecule has 6 heteroatoms. The molecule has 0 bridgehead atoms. The van der Waals surface area contributed by atoms with Crippen LogP contribution in [-0.4, -0.2) is 38.5 Å². The van der Waals surface area contributed by atoms with Crippen molar-refractivity contribution in [2.24, 2.45) is 0 Å². The minimum absolute atomic E-state index is 0.540. The molecule has 0 amide bonds. The Hall–Kier alpha value is -0.200. The number of thiazole rings is 1. The first-order chi connectivity index (χ1) is 7.33. The average molecular weight is 252 g/mol. The summed E-state index contributed by atoms with van der Waals surface area (Å²) in [6.07, 6.45) is 1.72. The smallest absolute Gasteiger partial charge is 0.183 e. The molecule has 0 aromatic carbocycles. The largest absolute Gasteiger partial charge is 0.382 e. The van der Waals surface area contributed by atoms with Crippen molar-refractivity contribution >= 4 is 22.9 Å². The van der Waals surface area contributed by atoms with Gasteiger partial charge in [0.25, 0.3) is 0 Å². The summed E-state index contributed by atoms with van der Waals surface area (Å²) in [6.45, 7) is 2.91. The summed E-state index contributed by atoms with van der Waals surface area (Å²) in [6, 6.07) is 0. The van der Waals surface area contributed by atoms with E-state index < -0.39 is 0 Å². The standard InChI is InChI=1S/C9H14ClNO3S/c1-12-2-3-13-4-5-14-7-8-6-11-9(10)15-8/h6H,2-5,7H2,1H3. The van der Waals surface area contributed by atoms with Crippen LogP contribution in [0.4, 0.5) is 0 Å². The molecule has 0 aliphatic rings. The zero-order valence-electron chi connectivity index (χ0n) is 8.57. The molecule has 0 spiro atoms. The van der Waals surface area contributed by atoms with E-state index >= 15 is 0 Å². The van der Waals surface area contributed by atoms with Crippen molar-refractivity contribution < 1.29 is 14.2 Å². The second-order valence-electron chi connectivity index (χ2n) is 2.74. The lowest BCUT2D eigenvalue weighted by atomic mass is 10.6. The fourth-order valence-corrected chi connectivity index (χ4v) is 1.80. The Balaban J connectivity index is 1.93. The molecule has 1 aromatic heterocycles. The first-order valence-electron chi connectivity index (χ1n) is 4.57. The normalized spacial score (nSPS) is 10.8. The van der Waals surface area contributed by atoms with Crippen molar-refractivity contribution in [1.82, 2.24) is 4.98 Å². The van der Waals surface area contributed by atoms with Crippen molar-refractivity contribution in [2.45, 2.75) is 6.61 Å². The number of nitrogens with zero attached hydrogens (tertiary/aromatic N) is 1. The maximum Gasteiger partial charge on any atom is 0.183 e. The van der Waals surface area contributed by atoms with E-state index in [1.807, 2.05) is 0 Å². The van der Waals surface area contributed by atoms with Crippen molar-refractivity contribution in [3.8, 4) is 0 Å². The lowest BCUT2D eigenvalue weighted by Crippen LogP contribution is -2.07. The summed E-state index contributed by atoms with van der Waals surface area (Å²) < 4.78 is 16.0. The zero-order chi connectivity index (χ0) is 10.9. The number of hydrogen-bond donors (Lipinski definition) is 0. The molecule has 4 nitrogen and oxygen atoms in total. The van der Waals surface area contributed by atoms with Gasteiger partial charge in [-0.2, -0.15) is 0 Å². The van der Waals surface area contributed by atoms with Gasteiger partial charge in [-0.1, -0.05) is 11.6 Å². The van der Waals surface area contributed by atoms with Crippen LogP contribution < -0.4 is 0 Å². The third-order valence-electron chi connectivity index (χ3n) is 1.57. The van der Waals surface area contributed by atoms with Gasteiger partial charge in [0, 0.05) is 13.3 Å². The molecule has 1 heterocycles. The number of rotatable bonds is 8. The Morgan fingerprint density at radius 3 is 2.67 bits per heavy atom. The molecular formula is C9H14ClNO3S. The molecule has 1 rings (SSSR count).